The first-order chi connectivity index (χ1) is 17.1. The van der Waals surface area contributed by atoms with Crippen LogP contribution in [0.2, 0.25) is 0 Å². The van der Waals surface area contributed by atoms with Crippen LogP contribution in [0.15, 0.2) is 34.9 Å². The zero-order valence-corrected chi connectivity index (χ0v) is 21.3. The van der Waals surface area contributed by atoms with E-state index in [-0.39, 0.29) is 34.8 Å². The number of carboxylic acids is 1. The van der Waals surface area contributed by atoms with Gasteiger partial charge in [-0.25, -0.2) is 4.79 Å². The van der Waals surface area contributed by atoms with Gasteiger partial charge < -0.3 is 19.3 Å². The van der Waals surface area contributed by atoms with Crippen molar-refractivity contribution in [3.05, 3.63) is 47.6 Å². The molecule has 36 heavy (non-hydrogen) atoms. The summed E-state index contributed by atoms with van der Waals surface area (Å²) < 4.78 is 11.5. The zero-order chi connectivity index (χ0) is 25.3. The van der Waals surface area contributed by atoms with Gasteiger partial charge in [0.15, 0.2) is 5.82 Å². The quantitative estimate of drug-likeness (QED) is 0.561. The third-order valence-electron chi connectivity index (χ3n) is 8.67. The minimum atomic E-state index is -0.681. The number of aromatic nitrogens is 2. The predicted octanol–water partition coefficient (Wildman–Crippen LogP) is 5.25. The van der Waals surface area contributed by atoms with Gasteiger partial charge in [0, 0.05) is 24.4 Å². The summed E-state index contributed by atoms with van der Waals surface area (Å²) in [5.74, 6) is 1.02. The van der Waals surface area contributed by atoms with Crippen molar-refractivity contribution >= 4 is 12.1 Å². The lowest BCUT2D eigenvalue weighted by molar-refractivity contribution is -0.155. The fourth-order valence-corrected chi connectivity index (χ4v) is 6.42. The van der Waals surface area contributed by atoms with Crippen LogP contribution in [0.25, 0.3) is 0 Å². The number of carbonyl (C=O) groups excluding carboxylic acids is 1. The molecule has 1 aromatic heterocycles. The largest absolute Gasteiger partial charge is 0.481 e. The van der Waals surface area contributed by atoms with Gasteiger partial charge in [-0.3, -0.25) is 4.79 Å². The van der Waals surface area contributed by atoms with Crippen LogP contribution in [-0.4, -0.2) is 50.4 Å². The lowest BCUT2D eigenvalue weighted by Gasteiger charge is -2.55. The first kappa shape index (κ1) is 23.5. The summed E-state index contributed by atoms with van der Waals surface area (Å²) in [5, 5.41) is 13.6. The first-order valence-electron chi connectivity index (χ1n) is 13.2. The van der Waals surface area contributed by atoms with Gasteiger partial charge in [0.1, 0.15) is 5.60 Å². The van der Waals surface area contributed by atoms with E-state index in [1.54, 1.807) is 0 Å². The second-order valence-corrected chi connectivity index (χ2v) is 12.7. The van der Waals surface area contributed by atoms with E-state index in [1.807, 2.05) is 43.9 Å². The number of benzene rings is 1. The number of carbonyl (C=O) groups is 2. The number of amides is 1. The number of hydrogen-bond acceptors (Lipinski definition) is 6. The maximum Gasteiger partial charge on any atom is 0.410 e. The highest BCUT2D eigenvalue weighted by molar-refractivity contribution is 5.71. The molecule has 0 aliphatic heterocycles. The lowest BCUT2D eigenvalue weighted by atomic mass is 9.48. The van der Waals surface area contributed by atoms with Gasteiger partial charge in [0.2, 0.25) is 5.89 Å². The van der Waals surface area contributed by atoms with Gasteiger partial charge in [-0.15, -0.1) is 0 Å². The normalized spacial score (nSPS) is 31.8. The third kappa shape index (κ3) is 4.28. The molecule has 1 heterocycles. The maximum absolute atomic E-state index is 13.3. The molecule has 8 heteroatoms. The molecule has 1 unspecified atom stereocenters. The molecule has 2 aromatic rings. The lowest BCUT2D eigenvalue weighted by Crippen LogP contribution is -2.49. The van der Waals surface area contributed by atoms with Crippen LogP contribution in [0, 0.1) is 11.3 Å². The standard InChI is InChI=1S/C28H35N3O5/c1-26(2,3)35-25(34)31(21-11-20(21)17-7-5-4-6-8-17)16-28(9-10-28)24-29-22(36-30-24)18-12-27(13-18)14-19(15-27)23(32)33/h4-8,18-21H,9-16H2,1-3H3,(H,32,33)/t18?,19?,20?,21-,27?/m0/s1. The van der Waals surface area contributed by atoms with Crippen molar-refractivity contribution in [3.8, 4) is 0 Å². The van der Waals surface area contributed by atoms with Crippen LogP contribution in [0.1, 0.15) is 94.8 Å². The molecule has 2 atom stereocenters. The van der Waals surface area contributed by atoms with Crippen LogP contribution in [0.3, 0.4) is 0 Å². The Morgan fingerprint density at radius 3 is 2.44 bits per heavy atom. The number of carboxylic acid groups (broad SMARTS) is 1. The SMILES string of the molecule is CC(C)(C)OC(=O)N(CC1(c2noc(C3CC4(CC(C(=O)O)C4)C3)n2)CC1)[C@H]1CC1c1ccccc1. The number of nitrogens with zero attached hydrogens (tertiary/aromatic N) is 3. The van der Waals surface area contributed by atoms with Crippen LogP contribution >= 0.6 is 0 Å². The Kier molecular flexibility index (Phi) is 5.25. The molecule has 8 nitrogen and oxygen atoms in total. The molecule has 6 rings (SSSR count). The second kappa shape index (κ2) is 8.05. The Balaban J connectivity index is 1.14. The van der Waals surface area contributed by atoms with E-state index in [9.17, 15) is 14.7 Å². The van der Waals surface area contributed by atoms with Crippen molar-refractivity contribution in [2.75, 3.05) is 6.54 Å². The summed E-state index contributed by atoms with van der Waals surface area (Å²) in [6.45, 7) is 6.23. The highest BCUT2D eigenvalue weighted by Gasteiger charge is 2.58. The molecule has 1 aromatic carbocycles. The molecule has 4 saturated carbocycles. The molecule has 0 saturated heterocycles. The molecule has 0 bridgehead atoms. The Morgan fingerprint density at radius 2 is 1.83 bits per heavy atom. The highest BCUT2D eigenvalue weighted by atomic mass is 16.6. The average Bonchev–Trinajstić information content (AvgIpc) is 3.66. The van der Waals surface area contributed by atoms with Gasteiger partial charge >= 0.3 is 12.1 Å². The molecule has 1 spiro atoms. The topological polar surface area (TPSA) is 106 Å². The fourth-order valence-electron chi connectivity index (χ4n) is 6.42. The Hall–Kier alpha value is -2.90. The molecular weight excluding hydrogens is 458 g/mol. The molecule has 0 radical (unpaired) electrons. The maximum atomic E-state index is 13.3. The van der Waals surface area contributed by atoms with E-state index in [4.69, 9.17) is 14.2 Å². The van der Waals surface area contributed by atoms with Gasteiger partial charge in [0.25, 0.3) is 0 Å². The molecule has 1 amide bonds. The predicted molar refractivity (Wildman–Crippen MR) is 131 cm³/mol. The van der Waals surface area contributed by atoms with Crippen molar-refractivity contribution in [1.29, 1.82) is 0 Å². The summed E-state index contributed by atoms with van der Waals surface area (Å²) in [5.41, 5.74) is 0.562. The highest BCUT2D eigenvalue weighted by Crippen LogP contribution is 2.64. The molecule has 192 valence electrons. The molecule has 1 N–H and O–H groups in total. The Labute approximate surface area is 211 Å². The average molecular weight is 494 g/mol. The molecule has 4 fully saturated rings. The Bertz CT molecular complexity index is 1150. The first-order valence-corrected chi connectivity index (χ1v) is 13.2. The van der Waals surface area contributed by atoms with Gasteiger partial charge in [0.05, 0.1) is 11.3 Å². The van der Waals surface area contributed by atoms with E-state index in [1.165, 1.54) is 5.56 Å². The smallest absolute Gasteiger partial charge is 0.410 e. The van der Waals surface area contributed by atoms with Gasteiger partial charge in [-0.05, 0) is 76.7 Å². The second-order valence-electron chi connectivity index (χ2n) is 12.7. The summed E-state index contributed by atoms with van der Waals surface area (Å²) in [6.07, 6.45) is 5.87. The van der Waals surface area contributed by atoms with E-state index < -0.39 is 11.6 Å². The van der Waals surface area contributed by atoms with Crippen molar-refractivity contribution in [2.45, 2.75) is 94.6 Å². The van der Waals surface area contributed by atoms with Crippen LogP contribution in [0.5, 0.6) is 0 Å². The summed E-state index contributed by atoms with van der Waals surface area (Å²) in [4.78, 5) is 31.2. The number of ether oxygens (including phenoxy) is 1. The summed E-state index contributed by atoms with van der Waals surface area (Å²) in [7, 11) is 0. The van der Waals surface area contributed by atoms with E-state index in [2.05, 4.69) is 17.3 Å². The fraction of sp³-hybridized carbons (Fsp3) is 0.643. The van der Waals surface area contributed by atoms with E-state index in [0.29, 0.717) is 24.2 Å². The van der Waals surface area contributed by atoms with Crippen LogP contribution in [0.4, 0.5) is 4.79 Å². The van der Waals surface area contributed by atoms with Crippen LogP contribution in [-0.2, 0) is 14.9 Å². The van der Waals surface area contributed by atoms with Crippen molar-refractivity contribution < 1.29 is 24.0 Å². The monoisotopic (exact) mass is 493 g/mol. The summed E-state index contributed by atoms with van der Waals surface area (Å²) >= 11 is 0. The van der Waals surface area contributed by atoms with Crippen LogP contribution < -0.4 is 0 Å². The minimum absolute atomic E-state index is 0.110. The van der Waals surface area contributed by atoms with Crippen molar-refractivity contribution in [1.82, 2.24) is 15.0 Å². The Morgan fingerprint density at radius 1 is 1.14 bits per heavy atom. The number of hydrogen-bond donors (Lipinski definition) is 1. The number of rotatable bonds is 7. The van der Waals surface area contributed by atoms with Gasteiger partial charge in [-0.1, -0.05) is 35.5 Å². The van der Waals surface area contributed by atoms with E-state index >= 15 is 0 Å². The molecular formula is C28H35N3O5. The van der Waals surface area contributed by atoms with E-state index in [0.717, 1.165) is 44.9 Å². The van der Waals surface area contributed by atoms with Gasteiger partial charge in [-0.2, -0.15) is 4.98 Å². The number of aliphatic carboxylic acids is 1. The third-order valence-corrected chi connectivity index (χ3v) is 8.67. The van der Waals surface area contributed by atoms with Crippen molar-refractivity contribution in [3.63, 3.8) is 0 Å². The van der Waals surface area contributed by atoms with Crippen molar-refractivity contribution in [2.24, 2.45) is 11.3 Å². The minimum Gasteiger partial charge on any atom is -0.481 e. The summed E-state index contributed by atoms with van der Waals surface area (Å²) in [6, 6.07) is 10.5. The molecule has 4 aliphatic carbocycles. The zero-order valence-electron chi connectivity index (χ0n) is 21.3. The molecule has 4 aliphatic rings.